The van der Waals surface area contributed by atoms with Crippen LogP contribution in [0.3, 0.4) is 0 Å². The molecule has 102 valence electrons. The van der Waals surface area contributed by atoms with Crippen molar-refractivity contribution in [1.29, 1.82) is 0 Å². The Morgan fingerprint density at radius 1 is 0.944 bits per heavy atom. The van der Waals surface area contributed by atoms with Crippen molar-refractivity contribution in [3.63, 3.8) is 0 Å². The van der Waals surface area contributed by atoms with Crippen LogP contribution < -0.4 is 0 Å². The predicted octanol–water partition coefficient (Wildman–Crippen LogP) is 2.21. The molecule has 18 heavy (non-hydrogen) atoms. The molecule has 1 aromatic rings. The van der Waals surface area contributed by atoms with Gasteiger partial charge in [-0.2, -0.15) is 0 Å². The second kappa shape index (κ2) is 5.59. The van der Waals surface area contributed by atoms with Gasteiger partial charge < -0.3 is 0 Å². The Balaban J connectivity index is 3.45. The maximum Gasteiger partial charge on any atom is 0.187 e. The third-order valence-corrected chi connectivity index (χ3v) is 8.07. The number of hydrogen-bond donors (Lipinski definition) is 0. The molecule has 0 aliphatic heterocycles. The Morgan fingerprint density at radius 2 is 1.33 bits per heavy atom. The Kier molecular flexibility index (Phi) is 4.80. The Morgan fingerprint density at radius 3 is 1.67 bits per heavy atom. The fourth-order valence-corrected chi connectivity index (χ4v) is 6.04. The van der Waals surface area contributed by atoms with Gasteiger partial charge >= 0.3 is 0 Å². The first-order valence-electron chi connectivity index (χ1n) is 5.43. The monoisotopic (exact) mass is 310 g/mol. The average molecular weight is 311 g/mol. The van der Waals surface area contributed by atoms with Crippen molar-refractivity contribution in [2.45, 2.75) is 18.4 Å². The molecule has 0 saturated carbocycles. The second-order valence-corrected chi connectivity index (χ2v) is 9.27. The highest BCUT2D eigenvalue weighted by Crippen LogP contribution is 2.30. The molecule has 0 unspecified atom stereocenters. The molecule has 1 aromatic carbocycles. The van der Waals surface area contributed by atoms with Crippen LogP contribution in [0.2, 0.25) is 5.02 Å². The first-order valence-corrected chi connectivity index (χ1v) is 9.24. The van der Waals surface area contributed by atoms with Gasteiger partial charge in [-0.15, -0.1) is 0 Å². The third kappa shape index (κ3) is 3.24. The average Bonchev–Trinajstić information content (AvgIpc) is 2.31. The normalized spacial score (nSPS) is 12.9. The zero-order valence-electron chi connectivity index (χ0n) is 10.1. The summed E-state index contributed by atoms with van der Waals surface area (Å²) in [5, 5.41) is 0.431. The summed E-state index contributed by atoms with van der Waals surface area (Å²) in [6.07, 6.45) is 0. The Hall–Kier alpha value is -0.590. The maximum atomic E-state index is 12.0. The summed E-state index contributed by atoms with van der Waals surface area (Å²) in [4.78, 5) is 0. The fourth-order valence-electron chi connectivity index (χ4n) is 1.56. The van der Waals surface area contributed by atoms with E-state index >= 15 is 0 Å². The fraction of sp³-hybridized carbons (Fsp3) is 0.455. The van der Waals surface area contributed by atoms with Crippen LogP contribution in [0, 0.1) is 0 Å². The van der Waals surface area contributed by atoms with E-state index in [-0.39, 0.29) is 17.1 Å². The SMILES string of the molecule is CCS(=O)(=O)C(c1ccc(Cl)cc1)S(=O)(=O)CC. The van der Waals surface area contributed by atoms with Gasteiger partial charge in [0, 0.05) is 16.5 Å². The molecule has 0 aliphatic carbocycles. The minimum Gasteiger partial charge on any atom is -0.227 e. The van der Waals surface area contributed by atoms with Crippen molar-refractivity contribution in [3.05, 3.63) is 34.9 Å². The van der Waals surface area contributed by atoms with E-state index in [9.17, 15) is 16.8 Å². The number of rotatable bonds is 5. The molecular weight excluding hydrogens is 296 g/mol. The van der Waals surface area contributed by atoms with Gasteiger partial charge in [-0.3, -0.25) is 0 Å². The van der Waals surface area contributed by atoms with E-state index in [0.29, 0.717) is 5.02 Å². The van der Waals surface area contributed by atoms with Crippen molar-refractivity contribution >= 4 is 31.3 Å². The highest BCUT2D eigenvalue weighted by Gasteiger charge is 2.36. The molecule has 0 bridgehead atoms. The quantitative estimate of drug-likeness (QED) is 0.836. The van der Waals surface area contributed by atoms with Crippen LogP contribution in [0.15, 0.2) is 24.3 Å². The van der Waals surface area contributed by atoms with Crippen LogP contribution in [-0.4, -0.2) is 28.3 Å². The van der Waals surface area contributed by atoms with Crippen LogP contribution in [0.1, 0.15) is 24.0 Å². The number of benzene rings is 1. The minimum absolute atomic E-state index is 0.223. The van der Waals surface area contributed by atoms with Crippen LogP contribution in [0.5, 0.6) is 0 Å². The molecule has 0 aromatic heterocycles. The van der Waals surface area contributed by atoms with Gasteiger partial charge in [0.2, 0.25) is 0 Å². The predicted molar refractivity (Wildman–Crippen MR) is 73.1 cm³/mol. The number of halogens is 1. The standard InChI is InChI=1S/C11H15ClO4S2/c1-3-17(13,14)11(18(15,16)4-2)9-5-7-10(12)8-6-9/h5-8,11H,3-4H2,1-2H3. The molecule has 0 aliphatic rings. The Bertz CT molecular complexity index is 569. The van der Waals surface area contributed by atoms with E-state index in [0.717, 1.165) is 0 Å². The lowest BCUT2D eigenvalue weighted by atomic mass is 10.2. The van der Waals surface area contributed by atoms with Gasteiger partial charge in [-0.05, 0) is 17.7 Å². The molecule has 7 heteroatoms. The molecule has 0 heterocycles. The van der Waals surface area contributed by atoms with Crippen molar-refractivity contribution in [2.24, 2.45) is 0 Å². The lowest BCUT2D eigenvalue weighted by molar-refractivity contribution is 0.578. The van der Waals surface area contributed by atoms with Gasteiger partial charge in [0.25, 0.3) is 0 Å². The summed E-state index contributed by atoms with van der Waals surface area (Å²) in [7, 11) is -7.45. The van der Waals surface area contributed by atoms with Crippen molar-refractivity contribution in [1.82, 2.24) is 0 Å². The molecule has 4 nitrogen and oxygen atoms in total. The summed E-state index contributed by atoms with van der Waals surface area (Å²) >= 11 is 5.71. The minimum atomic E-state index is -3.73. The summed E-state index contributed by atoms with van der Waals surface area (Å²) < 4.78 is 46.4. The Labute approximate surface area is 113 Å². The molecule has 1 rings (SSSR count). The third-order valence-electron chi connectivity index (χ3n) is 2.60. The molecular formula is C11H15ClO4S2. The van der Waals surface area contributed by atoms with Crippen molar-refractivity contribution < 1.29 is 16.8 Å². The van der Waals surface area contributed by atoms with Gasteiger partial charge in [0.15, 0.2) is 24.3 Å². The molecule has 0 fully saturated rings. The first-order chi connectivity index (χ1) is 8.24. The molecule has 0 atom stereocenters. The smallest absolute Gasteiger partial charge is 0.187 e. The molecule has 0 amide bonds. The lowest BCUT2D eigenvalue weighted by Crippen LogP contribution is -2.25. The van der Waals surface area contributed by atoms with Gasteiger partial charge in [-0.25, -0.2) is 16.8 Å². The highest BCUT2D eigenvalue weighted by atomic mass is 35.5. The van der Waals surface area contributed by atoms with Gasteiger partial charge in [-0.1, -0.05) is 37.6 Å². The van der Waals surface area contributed by atoms with Gasteiger partial charge in [0.1, 0.15) is 0 Å². The molecule has 0 radical (unpaired) electrons. The van der Waals surface area contributed by atoms with Crippen molar-refractivity contribution in [3.8, 4) is 0 Å². The van der Waals surface area contributed by atoms with E-state index in [4.69, 9.17) is 11.6 Å². The largest absolute Gasteiger partial charge is 0.227 e. The zero-order valence-corrected chi connectivity index (χ0v) is 12.5. The number of sulfone groups is 2. The van der Waals surface area contributed by atoms with Crippen LogP contribution >= 0.6 is 11.6 Å². The number of hydrogen-bond acceptors (Lipinski definition) is 4. The van der Waals surface area contributed by atoms with E-state index in [1.807, 2.05) is 0 Å². The van der Waals surface area contributed by atoms with Crippen LogP contribution in [0.4, 0.5) is 0 Å². The van der Waals surface area contributed by atoms with Crippen LogP contribution in [0.25, 0.3) is 0 Å². The van der Waals surface area contributed by atoms with E-state index in [1.165, 1.54) is 38.1 Å². The molecule has 0 spiro atoms. The lowest BCUT2D eigenvalue weighted by Gasteiger charge is -2.17. The van der Waals surface area contributed by atoms with Crippen LogP contribution in [-0.2, 0) is 19.7 Å². The molecule has 0 N–H and O–H groups in total. The van der Waals surface area contributed by atoms with E-state index in [1.54, 1.807) is 0 Å². The summed E-state index contributed by atoms with van der Waals surface area (Å²) in [5.74, 6) is -0.445. The topological polar surface area (TPSA) is 68.3 Å². The van der Waals surface area contributed by atoms with E-state index in [2.05, 4.69) is 0 Å². The highest BCUT2D eigenvalue weighted by molar-refractivity contribution is 8.08. The van der Waals surface area contributed by atoms with E-state index < -0.39 is 24.3 Å². The van der Waals surface area contributed by atoms with Crippen molar-refractivity contribution in [2.75, 3.05) is 11.5 Å². The first kappa shape index (κ1) is 15.5. The molecule has 0 saturated heterocycles. The maximum absolute atomic E-state index is 12.0. The second-order valence-electron chi connectivity index (χ2n) is 3.79. The summed E-state index contributed by atoms with van der Waals surface area (Å²) in [5.41, 5.74) is 0.239. The summed E-state index contributed by atoms with van der Waals surface area (Å²) in [6, 6.07) is 5.85. The summed E-state index contributed by atoms with van der Waals surface area (Å²) in [6.45, 7) is 2.87. The van der Waals surface area contributed by atoms with Gasteiger partial charge in [0.05, 0.1) is 0 Å². The zero-order chi connectivity index (χ0) is 14.0.